The third-order valence-electron chi connectivity index (χ3n) is 2.78. The highest BCUT2D eigenvalue weighted by Crippen LogP contribution is 2.46. The van der Waals surface area contributed by atoms with Crippen molar-refractivity contribution in [3.63, 3.8) is 0 Å². The Morgan fingerprint density at radius 1 is 1.00 bits per heavy atom. The summed E-state index contributed by atoms with van der Waals surface area (Å²) in [5, 5.41) is 0. The lowest BCUT2D eigenvalue weighted by molar-refractivity contribution is 0.172. The van der Waals surface area contributed by atoms with Gasteiger partial charge in [-0.2, -0.15) is 0 Å². The first-order valence-electron chi connectivity index (χ1n) is 5.74. The Morgan fingerprint density at radius 3 is 1.81 bits per heavy atom. The molecule has 0 saturated heterocycles. The second kappa shape index (κ2) is 4.48. The van der Waals surface area contributed by atoms with Gasteiger partial charge in [0.1, 0.15) is 0 Å². The molecule has 0 aliphatic rings. The zero-order valence-electron chi connectivity index (χ0n) is 11.1. The molecular formula is C14H22BrN. The van der Waals surface area contributed by atoms with Crippen molar-refractivity contribution >= 4 is 15.9 Å². The van der Waals surface area contributed by atoms with Gasteiger partial charge in [-0.3, -0.25) is 4.98 Å². The Labute approximate surface area is 108 Å². The molecule has 1 rings (SSSR count). The summed E-state index contributed by atoms with van der Waals surface area (Å²) in [7, 11) is 0. The Morgan fingerprint density at radius 2 is 1.50 bits per heavy atom. The van der Waals surface area contributed by atoms with Crippen molar-refractivity contribution in [3.8, 4) is 0 Å². The number of hydrogen-bond acceptors (Lipinski definition) is 1. The van der Waals surface area contributed by atoms with Gasteiger partial charge in [0.15, 0.2) is 0 Å². The van der Waals surface area contributed by atoms with Crippen LogP contribution in [0, 0.1) is 10.8 Å². The summed E-state index contributed by atoms with van der Waals surface area (Å²) in [6.45, 7) is 13.7. The van der Waals surface area contributed by atoms with Gasteiger partial charge < -0.3 is 0 Å². The van der Waals surface area contributed by atoms with E-state index in [0.717, 1.165) is 4.47 Å². The van der Waals surface area contributed by atoms with Gasteiger partial charge in [-0.25, -0.2) is 0 Å². The second-order valence-corrected chi connectivity index (χ2v) is 7.48. The normalized spacial score (nSPS) is 13.2. The largest absolute Gasteiger partial charge is 0.260 e. The number of hydrogen-bond donors (Lipinski definition) is 0. The van der Waals surface area contributed by atoms with Crippen LogP contribution in [0.5, 0.6) is 0 Å². The summed E-state index contributed by atoms with van der Waals surface area (Å²) in [5.41, 5.74) is 1.63. The molecule has 0 saturated carbocycles. The average molecular weight is 284 g/mol. The van der Waals surface area contributed by atoms with E-state index in [0.29, 0.717) is 5.92 Å². The molecule has 1 aromatic heterocycles. The molecule has 0 amide bonds. The van der Waals surface area contributed by atoms with E-state index in [2.05, 4.69) is 74.6 Å². The standard InChI is InChI=1S/C14H22BrN/c1-13(2,3)12(14(4,5)6)11-8-7-10(15)9-16-11/h7-9,12H,1-6H3. The van der Waals surface area contributed by atoms with Crippen molar-refractivity contribution in [1.82, 2.24) is 4.98 Å². The van der Waals surface area contributed by atoms with Crippen molar-refractivity contribution in [3.05, 3.63) is 28.5 Å². The number of halogens is 1. The van der Waals surface area contributed by atoms with Gasteiger partial charge in [-0.15, -0.1) is 0 Å². The van der Waals surface area contributed by atoms with Crippen LogP contribution in [0.2, 0.25) is 0 Å². The van der Waals surface area contributed by atoms with Crippen LogP contribution >= 0.6 is 15.9 Å². The lowest BCUT2D eigenvalue weighted by atomic mass is 9.65. The highest BCUT2D eigenvalue weighted by Gasteiger charge is 2.36. The molecule has 0 radical (unpaired) electrons. The van der Waals surface area contributed by atoms with Crippen molar-refractivity contribution < 1.29 is 0 Å². The highest BCUT2D eigenvalue weighted by atomic mass is 79.9. The second-order valence-electron chi connectivity index (χ2n) is 6.57. The van der Waals surface area contributed by atoms with E-state index < -0.39 is 0 Å². The van der Waals surface area contributed by atoms with E-state index in [1.165, 1.54) is 5.69 Å². The molecule has 1 nitrogen and oxygen atoms in total. The van der Waals surface area contributed by atoms with Gasteiger partial charge in [0.2, 0.25) is 0 Å². The van der Waals surface area contributed by atoms with E-state index in [4.69, 9.17) is 0 Å². The zero-order chi connectivity index (χ0) is 12.6. The van der Waals surface area contributed by atoms with Crippen LogP contribution in [0.3, 0.4) is 0 Å². The topological polar surface area (TPSA) is 12.9 Å². The van der Waals surface area contributed by atoms with E-state index in [-0.39, 0.29) is 10.8 Å². The van der Waals surface area contributed by atoms with Crippen molar-refractivity contribution in [2.24, 2.45) is 10.8 Å². The van der Waals surface area contributed by atoms with E-state index >= 15 is 0 Å². The van der Waals surface area contributed by atoms with Gasteiger partial charge in [0.05, 0.1) is 0 Å². The smallest absolute Gasteiger partial charge is 0.0445 e. The van der Waals surface area contributed by atoms with E-state index in [1.54, 1.807) is 0 Å². The monoisotopic (exact) mass is 283 g/mol. The molecule has 0 spiro atoms. The molecule has 2 heteroatoms. The first-order valence-corrected chi connectivity index (χ1v) is 6.53. The Kier molecular flexibility index (Phi) is 3.83. The molecule has 0 fully saturated rings. The van der Waals surface area contributed by atoms with Crippen LogP contribution in [0.4, 0.5) is 0 Å². The van der Waals surface area contributed by atoms with Crippen LogP contribution in [-0.2, 0) is 0 Å². The predicted octanol–water partition coefficient (Wildman–Crippen LogP) is 5.02. The van der Waals surface area contributed by atoms with Crippen molar-refractivity contribution in [1.29, 1.82) is 0 Å². The summed E-state index contributed by atoms with van der Waals surface area (Å²) in [6.07, 6.45) is 1.89. The molecule has 0 bridgehead atoms. The maximum Gasteiger partial charge on any atom is 0.0445 e. The Balaban J connectivity index is 3.18. The Hall–Kier alpha value is -0.370. The summed E-state index contributed by atoms with van der Waals surface area (Å²) in [5.74, 6) is 0.452. The first-order chi connectivity index (χ1) is 7.12. The summed E-state index contributed by atoms with van der Waals surface area (Å²) >= 11 is 3.43. The molecule has 0 aromatic carbocycles. The first kappa shape index (κ1) is 13.7. The fourth-order valence-corrected chi connectivity index (χ4v) is 2.98. The average Bonchev–Trinajstić information content (AvgIpc) is 2.03. The molecule has 0 unspecified atom stereocenters. The van der Waals surface area contributed by atoms with Gasteiger partial charge in [0, 0.05) is 22.3 Å². The van der Waals surface area contributed by atoms with Crippen LogP contribution in [0.25, 0.3) is 0 Å². The molecule has 16 heavy (non-hydrogen) atoms. The van der Waals surface area contributed by atoms with Gasteiger partial charge in [-0.05, 0) is 38.9 Å². The van der Waals surface area contributed by atoms with Crippen LogP contribution in [0.1, 0.15) is 53.2 Å². The van der Waals surface area contributed by atoms with Crippen LogP contribution in [-0.4, -0.2) is 4.98 Å². The van der Waals surface area contributed by atoms with Crippen LogP contribution < -0.4 is 0 Å². The van der Waals surface area contributed by atoms with Crippen molar-refractivity contribution in [2.45, 2.75) is 47.5 Å². The fourth-order valence-electron chi connectivity index (χ4n) is 2.74. The van der Waals surface area contributed by atoms with E-state index in [1.807, 2.05) is 6.20 Å². The van der Waals surface area contributed by atoms with Gasteiger partial charge in [-0.1, -0.05) is 41.5 Å². The van der Waals surface area contributed by atoms with Crippen molar-refractivity contribution in [2.75, 3.05) is 0 Å². The maximum absolute atomic E-state index is 4.56. The molecule has 0 atom stereocenters. The summed E-state index contributed by atoms with van der Waals surface area (Å²) < 4.78 is 1.04. The molecular weight excluding hydrogens is 262 g/mol. The quantitative estimate of drug-likeness (QED) is 0.705. The fraction of sp³-hybridized carbons (Fsp3) is 0.643. The number of pyridine rings is 1. The van der Waals surface area contributed by atoms with Gasteiger partial charge in [0.25, 0.3) is 0 Å². The van der Waals surface area contributed by atoms with Crippen LogP contribution in [0.15, 0.2) is 22.8 Å². The minimum absolute atomic E-state index is 0.221. The lowest BCUT2D eigenvalue weighted by Gasteiger charge is -2.40. The number of rotatable bonds is 1. The minimum atomic E-state index is 0.221. The molecule has 0 aliphatic heterocycles. The third kappa shape index (κ3) is 3.31. The zero-order valence-corrected chi connectivity index (χ0v) is 12.7. The Bertz CT molecular complexity index is 326. The molecule has 1 aromatic rings. The SMILES string of the molecule is CC(C)(C)C(c1ccc(Br)cn1)C(C)(C)C. The summed E-state index contributed by atoms with van der Waals surface area (Å²) in [6, 6.07) is 4.21. The minimum Gasteiger partial charge on any atom is -0.260 e. The highest BCUT2D eigenvalue weighted by molar-refractivity contribution is 9.10. The predicted molar refractivity (Wildman–Crippen MR) is 73.6 cm³/mol. The molecule has 0 aliphatic carbocycles. The number of nitrogens with zero attached hydrogens (tertiary/aromatic N) is 1. The lowest BCUT2D eigenvalue weighted by Crippen LogP contribution is -2.31. The maximum atomic E-state index is 4.56. The summed E-state index contributed by atoms with van der Waals surface area (Å²) in [4.78, 5) is 4.56. The van der Waals surface area contributed by atoms with E-state index in [9.17, 15) is 0 Å². The molecule has 1 heterocycles. The molecule has 0 N–H and O–H groups in total. The third-order valence-corrected chi connectivity index (χ3v) is 3.25. The van der Waals surface area contributed by atoms with Gasteiger partial charge >= 0.3 is 0 Å². The number of aromatic nitrogens is 1. The molecule has 90 valence electrons.